The molecule has 12 N–H and O–H groups in total. The van der Waals surface area contributed by atoms with Crippen molar-refractivity contribution in [2.45, 2.75) is 19.3 Å². The van der Waals surface area contributed by atoms with E-state index in [-0.39, 0.29) is 43.7 Å². The van der Waals surface area contributed by atoms with Crippen LogP contribution in [0.1, 0.15) is 19.3 Å². The monoisotopic (exact) mass is 1900 g/mol. The van der Waals surface area contributed by atoms with Crippen LogP contribution in [-0.4, -0.2) is 201 Å². The lowest BCUT2D eigenvalue weighted by Gasteiger charge is -2.31. The molecular weight excluding hydrogens is 1800 g/mol. The number of amides is 4. The van der Waals surface area contributed by atoms with Gasteiger partial charge in [0, 0.05) is 182 Å². The molecule has 0 saturated carbocycles. The standard InChI is InChI=1S/C26H27ClFN7O.C24H24ClFN6O2.C24H24ClFN6O.C22H22ClFN6O/c1-34-11-13-35(14-12-34)10-3-2-7-26(36)33-20-6-4-5-19(15-20)31-24-17-25(30-18-29-24)32-21-8-9-23(28)22(27)16-21;1-16(14-32-7-9-34-10-8-32)24(33)31-18-4-2-3-17(11-18)29-22-13-23(28-15-27-22)30-19-5-6-21(26)20(25)12-19;25-20-14-19(8-9-21(20)26)30-23-15-22(27-16-28-23)29-17-5-3-6-18(13-17)31-24(33)7-4-12-32-10-1-2-11-32;1-14(12-30(2)3)22(31)29-16-6-4-5-15(9-16)27-20-11-21(26-13-25-20)28-17-7-8-19(24)18(23)10-17/h4-6,8-9,15-18H,3,10-14H2,1H3,(H,33,36)(H2,29,30,31,32);2-6,11-13,15H,1,7-10,14H2,(H,31,33)(H2,27,28,29,30);3-9,13-16H,1-2,10-12H2,(H,31,33)(H2,27,28,29,30);4-11,13H,1,12H2,2-3H3,(H,29,31)(H2,25,26,27,28)/b;;7-4+;. The highest BCUT2D eigenvalue weighted by atomic mass is 35.5. The van der Waals surface area contributed by atoms with Crippen LogP contribution >= 0.6 is 46.4 Å². The molecule has 8 aromatic carbocycles. The fraction of sp³-hybridized carbons (Fsp3) is 0.208. The summed E-state index contributed by atoms with van der Waals surface area (Å²) in [6, 6.07) is 53.2. The molecule has 12 aromatic rings. The number of halogens is 8. The van der Waals surface area contributed by atoms with Gasteiger partial charge in [-0.1, -0.05) is 95.8 Å². The fourth-order valence-electron chi connectivity index (χ4n) is 13.2. The normalized spacial score (nSPS) is 13.1. The second kappa shape index (κ2) is 50.4. The first-order valence-corrected chi connectivity index (χ1v) is 43.8. The van der Waals surface area contributed by atoms with E-state index in [0.717, 1.165) is 88.2 Å². The number of hydrogen-bond acceptors (Lipinski definition) is 26. The van der Waals surface area contributed by atoms with Crippen molar-refractivity contribution in [2.75, 3.05) is 177 Å². The molecule has 7 heterocycles. The number of morpholine rings is 1. The molecular formula is C96H97Cl4F4N25O5. The third kappa shape index (κ3) is 33.3. The second-order valence-corrected chi connectivity index (χ2v) is 32.4. The van der Waals surface area contributed by atoms with Crippen LogP contribution in [0.4, 0.5) is 132 Å². The highest BCUT2D eigenvalue weighted by molar-refractivity contribution is 6.32. The van der Waals surface area contributed by atoms with Gasteiger partial charge in [0.2, 0.25) is 5.91 Å². The molecule has 4 aromatic heterocycles. The van der Waals surface area contributed by atoms with Gasteiger partial charge < -0.3 is 78.3 Å². The smallest absolute Gasteiger partial charge is 0.300 e. The first-order chi connectivity index (χ1) is 64.7. The molecule has 3 aliphatic rings. The summed E-state index contributed by atoms with van der Waals surface area (Å²) in [6.07, 6.45) is 12.2. The van der Waals surface area contributed by atoms with E-state index in [1.54, 1.807) is 91.0 Å². The fourth-order valence-corrected chi connectivity index (χ4v) is 13.9. The summed E-state index contributed by atoms with van der Waals surface area (Å²) < 4.78 is 58.8. The van der Waals surface area contributed by atoms with Crippen molar-refractivity contribution in [3.05, 3.63) is 299 Å². The third-order valence-electron chi connectivity index (χ3n) is 19.9. The van der Waals surface area contributed by atoms with Gasteiger partial charge in [0.1, 0.15) is 95.1 Å². The zero-order valence-electron chi connectivity index (χ0n) is 73.3. The first kappa shape index (κ1) is 98.8. The van der Waals surface area contributed by atoms with E-state index in [1.807, 2.05) is 85.7 Å². The van der Waals surface area contributed by atoms with Crippen LogP contribution in [0.5, 0.6) is 0 Å². The average molecular weight is 1900 g/mol. The largest absolute Gasteiger partial charge is 0.379 e. The highest BCUT2D eigenvalue weighted by Gasteiger charge is 2.19. The predicted octanol–water partition coefficient (Wildman–Crippen LogP) is 19.1. The quantitative estimate of drug-likeness (QED) is 0.0109. The topological polar surface area (TPSA) is 341 Å². The van der Waals surface area contributed by atoms with Crippen LogP contribution in [0.25, 0.3) is 0 Å². The number of piperazine rings is 1. The molecule has 0 spiro atoms. The minimum Gasteiger partial charge on any atom is -0.379 e. The SMILES string of the molecule is C=C(CN(C)C)C(=O)Nc1cccc(Nc2cc(Nc3ccc(F)c(Cl)c3)ncn2)c1.C=C(CN1CCOCC1)C(=O)Nc1cccc(Nc2cc(Nc3ccc(F)c(Cl)c3)ncn2)c1.CN1CCN(CCC#CC(=O)Nc2cccc(Nc3cc(Nc4ccc(F)c(Cl)c4)ncn3)c2)CC1.O=C(/C=C/CN1CCCC1)Nc1cccc(Nc2cc(Nc3ccc(F)c(Cl)c3)ncn2)c1. The predicted molar refractivity (Wildman–Crippen MR) is 526 cm³/mol. The summed E-state index contributed by atoms with van der Waals surface area (Å²) in [5.41, 5.74) is 8.84. The Balaban J connectivity index is 0.000000161. The van der Waals surface area contributed by atoms with Gasteiger partial charge in [0.25, 0.3) is 17.7 Å². The number of nitrogens with zero attached hydrogens (tertiary/aromatic N) is 13. The molecule has 38 heteroatoms. The van der Waals surface area contributed by atoms with Crippen molar-refractivity contribution < 1.29 is 41.5 Å². The number of benzene rings is 8. The van der Waals surface area contributed by atoms with E-state index >= 15 is 0 Å². The Kier molecular flexibility index (Phi) is 37.2. The van der Waals surface area contributed by atoms with Crippen LogP contribution in [-0.2, 0) is 23.9 Å². The van der Waals surface area contributed by atoms with Gasteiger partial charge in [-0.2, -0.15) is 0 Å². The van der Waals surface area contributed by atoms with Gasteiger partial charge in [0.05, 0.1) is 33.3 Å². The number of hydrogen-bond donors (Lipinski definition) is 12. The van der Waals surface area contributed by atoms with Crippen molar-refractivity contribution in [2.24, 2.45) is 0 Å². The van der Waals surface area contributed by atoms with E-state index in [2.05, 4.69) is 155 Å². The van der Waals surface area contributed by atoms with E-state index in [0.29, 0.717) is 136 Å². The number of likely N-dealkylation sites (tertiary alicyclic amines) is 1. The van der Waals surface area contributed by atoms with Gasteiger partial charge in [-0.25, -0.2) is 57.4 Å². The van der Waals surface area contributed by atoms with Gasteiger partial charge in [0.15, 0.2) is 0 Å². The Labute approximate surface area is 792 Å². The number of ether oxygens (including phenoxy) is 1. The highest BCUT2D eigenvalue weighted by Crippen LogP contribution is 2.32. The van der Waals surface area contributed by atoms with E-state index in [9.17, 15) is 36.7 Å². The molecule has 15 rings (SSSR count). The minimum atomic E-state index is -0.492. The van der Waals surface area contributed by atoms with Crippen molar-refractivity contribution in [3.8, 4) is 11.8 Å². The van der Waals surface area contributed by atoms with Crippen LogP contribution < -0.4 is 63.8 Å². The Morgan fingerprint density at radius 1 is 0.403 bits per heavy atom. The summed E-state index contributed by atoms with van der Waals surface area (Å²) in [6.45, 7) is 19.7. The third-order valence-corrected chi connectivity index (χ3v) is 21.0. The van der Waals surface area contributed by atoms with E-state index in [1.165, 1.54) is 86.7 Å². The maximum atomic E-state index is 13.4. The van der Waals surface area contributed by atoms with E-state index in [4.69, 9.17) is 51.1 Å². The average Bonchev–Trinajstić information content (AvgIpc) is 0.860. The molecule has 30 nitrogen and oxygen atoms in total. The van der Waals surface area contributed by atoms with Crippen LogP contribution in [0.2, 0.25) is 20.1 Å². The molecule has 3 saturated heterocycles. The Bertz CT molecular complexity index is 6180. The van der Waals surface area contributed by atoms with Crippen molar-refractivity contribution in [3.63, 3.8) is 0 Å². The zero-order chi connectivity index (χ0) is 94.7. The summed E-state index contributed by atoms with van der Waals surface area (Å²) in [5, 5.41) is 36.4. The van der Waals surface area contributed by atoms with Crippen LogP contribution in [0.3, 0.4) is 0 Å². The molecule has 4 amide bonds. The Morgan fingerprint density at radius 2 is 0.731 bits per heavy atom. The van der Waals surface area contributed by atoms with Crippen molar-refractivity contribution >= 4 is 185 Å². The van der Waals surface area contributed by atoms with Gasteiger partial charge in [-0.3, -0.25) is 33.9 Å². The zero-order valence-corrected chi connectivity index (χ0v) is 76.3. The molecule has 0 atom stereocenters. The molecule has 3 aliphatic heterocycles. The number of anilines is 20. The minimum absolute atomic E-state index is 0.0175. The van der Waals surface area contributed by atoms with Crippen LogP contribution in [0.15, 0.2) is 256 Å². The molecule has 692 valence electrons. The number of nitrogens with one attached hydrogen (secondary N) is 12. The summed E-state index contributed by atoms with van der Waals surface area (Å²) >= 11 is 23.3. The molecule has 0 unspecified atom stereocenters. The number of rotatable bonds is 31. The summed E-state index contributed by atoms with van der Waals surface area (Å²) in [7, 11) is 5.87. The van der Waals surface area contributed by atoms with Gasteiger partial charge >= 0.3 is 0 Å². The van der Waals surface area contributed by atoms with Gasteiger partial charge in [-0.05, 0) is 199 Å². The summed E-state index contributed by atoms with van der Waals surface area (Å²) in [5.74, 6) is 6.87. The maximum absolute atomic E-state index is 13.4. The lowest BCUT2D eigenvalue weighted by Crippen LogP contribution is -2.44. The Morgan fingerprint density at radius 3 is 1.08 bits per heavy atom. The maximum Gasteiger partial charge on any atom is 0.300 e. The van der Waals surface area contributed by atoms with E-state index < -0.39 is 23.3 Å². The van der Waals surface area contributed by atoms with Gasteiger partial charge in [-0.15, -0.1) is 0 Å². The number of likely N-dealkylation sites (N-methyl/N-ethyl adjacent to an activating group) is 2. The van der Waals surface area contributed by atoms with Crippen molar-refractivity contribution in [1.82, 2.24) is 64.4 Å². The van der Waals surface area contributed by atoms with Crippen molar-refractivity contribution in [1.29, 1.82) is 0 Å². The molecule has 134 heavy (non-hydrogen) atoms. The lowest BCUT2D eigenvalue weighted by molar-refractivity contribution is -0.113. The number of carbonyl (C=O) groups is 4. The molecule has 0 bridgehead atoms. The lowest BCUT2D eigenvalue weighted by atomic mass is 10.2. The molecule has 3 fully saturated rings. The van der Waals surface area contributed by atoms with Crippen LogP contribution in [0, 0.1) is 35.1 Å². The first-order valence-electron chi connectivity index (χ1n) is 42.2. The second-order valence-electron chi connectivity index (χ2n) is 30.8. The molecule has 0 aliphatic carbocycles. The summed E-state index contributed by atoms with van der Waals surface area (Å²) in [4.78, 5) is 93.9. The number of aromatic nitrogens is 8. The number of carbonyl (C=O) groups excluding carboxylic acids is 4. The molecule has 0 radical (unpaired) electrons. The Hall–Kier alpha value is -14.2.